The van der Waals surface area contributed by atoms with Crippen LogP contribution in [0.1, 0.15) is 43.8 Å². The molecule has 0 N–H and O–H groups in total. The number of Topliss-reactive ketones (excluding diaryl/α,β-unsaturated/α-hetero) is 1. The van der Waals surface area contributed by atoms with Gasteiger partial charge in [0.05, 0.1) is 10.1 Å². The molecular formula is C27H28O7PS-. The summed E-state index contributed by atoms with van der Waals surface area (Å²) in [6.45, 7) is 4.75. The lowest BCUT2D eigenvalue weighted by molar-refractivity contribution is 0.0760. The third kappa shape index (κ3) is 6.08. The first-order valence-electron chi connectivity index (χ1n) is 11.4. The quantitative estimate of drug-likeness (QED) is 0.161. The Morgan fingerprint density at radius 3 is 1.86 bits per heavy atom. The average molecular weight is 528 g/mol. The second-order valence-corrected chi connectivity index (χ2v) is 12.7. The van der Waals surface area contributed by atoms with Crippen molar-refractivity contribution in [3.8, 4) is 0 Å². The zero-order valence-electron chi connectivity index (χ0n) is 20.4. The molecule has 0 radical (unpaired) electrons. The summed E-state index contributed by atoms with van der Waals surface area (Å²) in [6, 6.07) is 18.9. The molecule has 9 heteroatoms. The Kier molecular flexibility index (Phi) is 8.80. The third-order valence-corrected chi connectivity index (χ3v) is 9.54. The number of ketones is 1. The highest BCUT2D eigenvalue weighted by atomic mass is 32.2. The summed E-state index contributed by atoms with van der Waals surface area (Å²) >= 11 is 0. The largest absolute Gasteiger partial charge is 0.748 e. The first-order valence-corrected chi connectivity index (χ1v) is 14.7. The lowest BCUT2D eigenvalue weighted by atomic mass is 9.92. The number of benzene rings is 3. The van der Waals surface area contributed by atoms with Crippen molar-refractivity contribution in [2.24, 2.45) is 0 Å². The third-order valence-electron chi connectivity index (χ3n) is 5.91. The van der Waals surface area contributed by atoms with Gasteiger partial charge in [0.1, 0.15) is 6.61 Å². The summed E-state index contributed by atoms with van der Waals surface area (Å²) in [4.78, 5) is 27.1. The van der Waals surface area contributed by atoms with Gasteiger partial charge in [-0.25, -0.2) is 8.42 Å². The molecule has 3 aromatic rings. The molecule has 0 aromatic heterocycles. The molecule has 0 aliphatic carbocycles. The summed E-state index contributed by atoms with van der Waals surface area (Å²) in [5, 5.41) is 0.815. The Hall–Kier alpha value is -2.90. The molecule has 0 aliphatic rings. The van der Waals surface area contributed by atoms with Gasteiger partial charge in [-0.05, 0) is 43.9 Å². The first-order chi connectivity index (χ1) is 17.0. The average Bonchev–Trinajstić information content (AvgIpc) is 2.83. The predicted octanol–water partition coefficient (Wildman–Crippen LogP) is 3.90. The Labute approximate surface area is 211 Å². The van der Waals surface area contributed by atoms with Crippen LogP contribution in [-0.4, -0.2) is 43.2 Å². The van der Waals surface area contributed by atoms with Gasteiger partial charge in [0.25, 0.3) is 0 Å². The van der Waals surface area contributed by atoms with Crippen LogP contribution < -0.4 is 10.6 Å². The molecule has 0 saturated carbocycles. The van der Waals surface area contributed by atoms with Gasteiger partial charge in [-0.1, -0.05) is 66.7 Å². The summed E-state index contributed by atoms with van der Waals surface area (Å²) in [5.74, 6) is -0.963. The SMILES string of the molecule is Cc1cc(C)c(C(=O)P(=O)(c2ccccc2)c2ccccc2)c(C)c1C(=O)COCCCS(=O)(=O)[O-]. The molecule has 3 aromatic carbocycles. The van der Waals surface area contributed by atoms with E-state index in [1.54, 1.807) is 87.5 Å². The van der Waals surface area contributed by atoms with Crippen molar-refractivity contribution in [3.63, 3.8) is 0 Å². The second kappa shape index (κ2) is 11.4. The fraction of sp³-hybridized carbons (Fsp3) is 0.259. The highest BCUT2D eigenvalue weighted by Crippen LogP contribution is 2.48. The Bertz CT molecular complexity index is 1370. The summed E-state index contributed by atoms with van der Waals surface area (Å²) in [5.41, 5.74) is 1.66. The van der Waals surface area contributed by atoms with Crippen LogP contribution in [-0.2, 0) is 19.4 Å². The van der Waals surface area contributed by atoms with Crippen LogP contribution in [0.15, 0.2) is 66.7 Å². The summed E-state index contributed by atoms with van der Waals surface area (Å²) in [6.07, 6.45) is -0.0218. The van der Waals surface area contributed by atoms with Crippen molar-refractivity contribution < 1.29 is 31.9 Å². The Morgan fingerprint density at radius 1 is 0.861 bits per heavy atom. The van der Waals surface area contributed by atoms with E-state index in [2.05, 4.69) is 0 Å². The molecule has 3 rings (SSSR count). The molecule has 0 saturated heterocycles. The van der Waals surface area contributed by atoms with Crippen LogP contribution in [0.25, 0.3) is 0 Å². The van der Waals surface area contributed by atoms with Crippen molar-refractivity contribution in [2.75, 3.05) is 19.0 Å². The Morgan fingerprint density at radius 2 is 1.36 bits per heavy atom. The Balaban J connectivity index is 2.01. The standard InChI is InChI=1S/C27H29O7PS/c1-19-17-20(2)26(21(3)25(19)24(28)18-34-15-10-16-36(31,32)33)27(29)35(30,22-11-6-4-7-12-22)23-13-8-5-9-14-23/h4-9,11-14,17H,10,15-16,18H2,1-3H3,(H,31,32,33)/p-1. The van der Waals surface area contributed by atoms with E-state index >= 15 is 0 Å². The van der Waals surface area contributed by atoms with Crippen LogP contribution in [0.4, 0.5) is 0 Å². The van der Waals surface area contributed by atoms with E-state index in [0.717, 1.165) is 0 Å². The number of hydrogen-bond acceptors (Lipinski definition) is 7. The molecule has 0 atom stereocenters. The van der Waals surface area contributed by atoms with Crippen molar-refractivity contribution in [2.45, 2.75) is 27.2 Å². The fourth-order valence-corrected chi connectivity index (χ4v) is 7.42. The highest BCUT2D eigenvalue weighted by Gasteiger charge is 2.38. The van der Waals surface area contributed by atoms with Crippen LogP contribution in [0.2, 0.25) is 0 Å². The second-order valence-electron chi connectivity index (χ2n) is 8.56. The number of ether oxygens (including phenoxy) is 1. The topological polar surface area (TPSA) is 118 Å². The number of carbonyl (C=O) groups is 2. The molecule has 0 heterocycles. The zero-order chi connectivity index (χ0) is 26.5. The van der Waals surface area contributed by atoms with E-state index in [0.29, 0.717) is 32.9 Å². The summed E-state index contributed by atoms with van der Waals surface area (Å²) in [7, 11) is -8.12. The van der Waals surface area contributed by atoms with Gasteiger partial charge in [0.15, 0.2) is 5.78 Å². The molecule has 0 aliphatic heterocycles. The molecule has 0 amide bonds. The highest BCUT2D eigenvalue weighted by molar-refractivity contribution is 7.93. The van der Waals surface area contributed by atoms with Crippen molar-refractivity contribution >= 4 is 39.2 Å². The van der Waals surface area contributed by atoms with Gasteiger partial charge in [-0.2, -0.15) is 0 Å². The maximum atomic E-state index is 14.6. The normalized spacial score (nSPS) is 11.9. The predicted molar refractivity (Wildman–Crippen MR) is 139 cm³/mol. The van der Waals surface area contributed by atoms with E-state index in [1.807, 2.05) is 0 Å². The molecule has 0 fully saturated rings. The lowest BCUT2D eigenvalue weighted by Crippen LogP contribution is -2.25. The maximum Gasteiger partial charge on any atom is 0.230 e. The number of rotatable bonds is 11. The van der Waals surface area contributed by atoms with E-state index in [-0.39, 0.29) is 25.2 Å². The van der Waals surface area contributed by atoms with Crippen molar-refractivity contribution in [1.82, 2.24) is 0 Å². The minimum absolute atomic E-state index is 0.0218. The van der Waals surface area contributed by atoms with Crippen LogP contribution >= 0.6 is 7.14 Å². The molecule has 36 heavy (non-hydrogen) atoms. The minimum atomic E-state index is -4.35. The van der Waals surface area contributed by atoms with Crippen LogP contribution in [0, 0.1) is 20.8 Å². The van der Waals surface area contributed by atoms with Crippen molar-refractivity contribution in [3.05, 3.63) is 94.5 Å². The molecule has 0 bridgehead atoms. The van der Waals surface area contributed by atoms with Crippen LogP contribution in [0.5, 0.6) is 0 Å². The summed E-state index contributed by atoms with van der Waals surface area (Å²) < 4.78 is 52.1. The van der Waals surface area contributed by atoms with E-state index < -0.39 is 34.3 Å². The number of aryl methyl sites for hydroxylation is 2. The van der Waals surface area contributed by atoms with E-state index in [9.17, 15) is 27.1 Å². The van der Waals surface area contributed by atoms with E-state index in [1.165, 1.54) is 0 Å². The van der Waals surface area contributed by atoms with Gasteiger partial charge in [0.2, 0.25) is 12.7 Å². The molecular weight excluding hydrogens is 499 g/mol. The number of hydrogen-bond donors (Lipinski definition) is 0. The molecule has 0 spiro atoms. The van der Waals surface area contributed by atoms with Gasteiger partial charge < -0.3 is 13.9 Å². The van der Waals surface area contributed by atoms with Gasteiger partial charge in [-0.15, -0.1) is 0 Å². The van der Waals surface area contributed by atoms with E-state index in [4.69, 9.17) is 4.74 Å². The zero-order valence-corrected chi connectivity index (χ0v) is 22.1. The smallest absolute Gasteiger partial charge is 0.230 e. The van der Waals surface area contributed by atoms with Gasteiger partial charge >= 0.3 is 0 Å². The van der Waals surface area contributed by atoms with Crippen LogP contribution in [0.3, 0.4) is 0 Å². The maximum absolute atomic E-state index is 14.6. The van der Waals surface area contributed by atoms with Gasteiger partial charge in [-0.3, -0.25) is 9.59 Å². The fourth-order valence-electron chi connectivity index (χ4n) is 4.34. The molecule has 190 valence electrons. The lowest BCUT2D eigenvalue weighted by Gasteiger charge is -2.22. The number of carbonyl (C=O) groups excluding carboxylic acids is 2. The molecule has 0 unspecified atom stereocenters. The first kappa shape index (κ1) is 27.7. The minimum Gasteiger partial charge on any atom is -0.748 e. The van der Waals surface area contributed by atoms with Gasteiger partial charge in [0, 0.05) is 34.1 Å². The van der Waals surface area contributed by atoms with Crippen molar-refractivity contribution in [1.29, 1.82) is 0 Å². The molecule has 7 nitrogen and oxygen atoms in total. The monoisotopic (exact) mass is 527 g/mol.